The molecule has 5 heteroatoms. The topological polar surface area (TPSA) is 69.7 Å². The van der Waals surface area contributed by atoms with Crippen LogP contribution in [-0.4, -0.2) is 24.5 Å². The van der Waals surface area contributed by atoms with Gasteiger partial charge >= 0.3 is 17.9 Å². The number of benzene rings is 1. The standard InChI is InChI=1S/C14H10O5/c1-2-18-11(15)8-4-6-9-5-3-7-10-12(9)14(17)19-13(10)16/h3,5,7H,2,8H2,1H3. The summed E-state index contributed by atoms with van der Waals surface area (Å²) < 4.78 is 9.22. The van der Waals surface area contributed by atoms with Crippen LogP contribution >= 0.6 is 0 Å². The van der Waals surface area contributed by atoms with Gasteiger partial charge in [0.05, 0.1) is 17.7 Å². The van der Waals surface area contributed by atoms with Crippen LogP contribution in [0.2, 0.25) is 0 Å². The molecule has 1 aromatic rings. The van der Waals surface area contributed by atoms with E-state index in [9.17, 15) is 14.4 Å². The van der Waals surface area contributed by atoms with Gasteiger partial charge in [0.1, 0.15) is 6.42 Å². The van der Waals surface area contributed by atoms with Crippen LogP contribution in [0.1, 0.15) is 39.6 Å². The summed E-state index contributed by atoms with van der Waals surface area (Å²) in [5.41, 5.74) is 0.731. The lowest BCUT2D eigenvalue weighted by Crippen LogP contribution is -2.02. The first-order chi connectivity index (χ1) is 9.13. The number of hydrogen-bond donors (Lipinski definition) is 0. The van der Waals surface area contributed by atoms with Crippen LogP contribution in [0, 0.1) is 11.8 Å². The Bertz CT molecular complexity index is 618. The summed E-state index contributed by atoms with van der Waals surface area (Å²) in [5.74, 6) is 3.48. The van der Waals surface area contributed by atoms with E-state index in [4.69, 9.17) is 4.74 Å². The molecule has 1 aliphatic heterocycles. The Labute approximate surface area is 109 Å². The molecule has 96 valence electrons. The highest BCUT2D eigenvalue weighted by atomic mass is 16.6. The summed E-state index contributed by atoms with van der Waals surface area (Å²) >= 11 is 0. The highest BCUT2D eigenvalue weighted by molar-refractivity contribution is 6.15. The van der Waals surface area contributed by atoms with E-state index in [0.717, 1.165) is 0 Å². The molecule has 1 aromatic carbocycles. The Kier molecular flexibility index (Phi) is 3.62. The molecule has 0 aromatic heterocycles. The average molecular weight is 258 g/mol. The Morgan fingerprint density at radius 3 is 2.84 bits per heavy atom. The fraction of sp³-hybridized carbons (Fsp3) is 0.214. The lowest BCUT2D eigenvalue weighted by Gasteiger charge is -1.96. The third kappa shape index (κ3) is 2.63. The summed E-state index contributed by atoms with van der Waals surface area (Å²) in [6.07, 6.45) is -0.0689. The van der Waals surface area contributed by atoms with E-state index in [2.05, 4.69) is 16.6 Å². The number of carbonyl (C=O) groups excluding carboxylic acids is 3. The van der Waals surface area contributed by atoms with Crippen molar-refractivity contribution in [2.24, 2.45) is 0 Å². The van der Waals surface area contributed by atoms with Gasteiger partial charge in [-0.25, -0.2) is 9.59 Å². The predicted molar refractivity (Wildman–Crippen MR) is 64.3 cm³/mol. The van der Waals surface area contributed by atoms with Crippen LogP contribution in [0.3, 0.4) is 0 Å². The Morgan fingerprint density at radius 1 is 1.32 bits per heavy atom. The second kappa shape index (κ2) is 5.36. The van der Waals surface area contributed by atoms with Gasteiger partial charge in [0.15, 0.2) is 0 Å². The normalized spacial score (nSPS) is 12.3. The van der Waals surface area contributed by atoms with Crippen molar-refractivity contribution >= 4 is 17.9 Å². The molecule has 0 saturated heterocycles. The number of fused-ring (bicyclic) bond motifs is 1. The summed E-state index contributed by atoms with van der Waals surface area (Å²) in [6.45, 7) is 2.00. The van der Waals surface area contributed by atoms with Gasteiger partial charge in [-0.3, -0.25) is 4.79 Å². The van der Waals surface area contributed by atoms with Crippen molar-refractivity contribution in [3.8, 4) is 11.8 Å². The van der Waals surface area contributed by atoms with Crippen molar-refractivity contribution in [2.45, 2.75) is 13.3 Å². The highest BCUT2D eigenvalue weighted by Crippen LogP contribution is 2.22. The summed E-state index contributed by atoms with van der Waals surface area (Å²) in [7, 11) is 0. The molecule has 0 amide bonds. The second-order valence-electron chi connectivity index (χ2n) is 3.69. The third-order valence-corrected chi connectivity index (χ3v) is 2.43. The van der Waals surface area contributed by atoms with Gasteiger partial charge in [-0.15, -0.1) is 0 Å². The number of carbonyl (C=O) groups is 3. The molecule has 19 heavy (non-hydrogen) atoms. The van der Waals surface area contributed by atoms with Crippen molar-refractivity contribution in [1.82, 2.24) is 0 Å². The zero-order chi connectivity index (χ0) is 13.8. The van der Waals surface area contributed by atoms with Crippen molar-refractivity contribution in [3.05, 3.63) is 34.9 Å². The molecule has 0 spiro atoms. The van der Waals surface area contributed by atoms with E-state index in [1.807, 2.05) is 0 Å². The number of hydrogen-bond acceptors (Lipinski definition) is 5. The zero-order valence-corrected chi connectivity index (χ0v) is 10.2. The Balaban J connectivity index is 2.24. The van der Waals surface area contributed by atoms with Crippen molar-refractivity contribution in [2.75, 3.05) is 6.61 Å². The number of esters is 3. The van der Waals surface area contributed by atoms with Crippen LogP contribution in [-0.2, 0) is 14.3 Å². The van der Waals surface area contributed by atoms with Crippen LogP contribution in [0.5, 0.6) is 0 Å². The smallest absolute Gasteiger partial charge is 0.348 e. The third-order valence-electron chi connectivity index (χ3n) is 2.43. The number of ether oxygens (including phenoxy) is 2. The molecular formula is C14H10O5. The summed E-state index contributed by atoms with van der Waals surface area (Å²) in [6, 6.07) is 4.70. The average Bonchev–Trinajstić information content (AvgIpc) is 2.66. The SMILES string of the molecule is CCOC(=O)CC#Cc1cccc2c1C(=O)OC2=O. The predicted octanol–water partition coefficient (Wildman–Crippen LogP) is 1.30. The second-order valence-corrected chi connectivity index (χ2v) is 3.69. The van der Waals surface area contributed by atoms with Crippen LogP contribution in [0.25, 0.3) is 0 Å². The van der Waals surface area contributed by atoms with E-state index < -0.39 is 17.9 Å². The molecule has 5 nitrogen and oxygen atoms in total. The van der Waals surface area contributed by atoms with Crippen LogP contribution in [0.4, 0.5) is 0 Å². The number of cyclic esters (lactones) is 2. The lowest BCUT2D eigenvalue weighted by molar-refractivity contribution is -0.141. The van der Waals surface area contributed by atoms with Crippen molar-refractivity contribution in [3.63, 3.8) is 0 Å². The van der Waals surface area contributed by atoms with Gasteiger partial charge in [0.2, 0.25) is 0 Å². The van der Waals surface area contributed by atoms with Gasteiger partial charge in [-0.05, 0) is 19.1 Å². The van der Waals surface area contributed by atoms with E-state index in [-0.39, 0.29) is 17.5 Å². The van der Waals surface area contributed by atoms with Gasteiger partial charge in [-0.1, -0.05) is 17.9 Å². The molecule has 0 fully saturated rings. The van der Waals surface area contributed by atoms with Crippen molar-refractivity contribution < 1.29 is 23.9 Å². The molecule has 0 atom stereocenters. The molecule has 0 saturated carbocycles. The minimum atomic E-state index is -0.707. The van der Waals surface area contributed by atoms with Crippen molar-refractivity contribution in [1.29, 1.82) is 0 Å². The quantitative estimate of drug-likeness (QED) is 0.454. The Morgan fingerprint density at radius 2 is 2.11 bits per heavy atom. The van der Waals surface area contributed by atoms with Crippen LogP contribution in [0.15, 0.2) is 18.2 Å². The maximum atomic E-state index is 11.5. The minimum absolute atomic E-state index is 0.0689. The van der Waals surface area contributed by atoms with Crippen LogP contribution < -0.4 is 0 Å². The molecule has 0 aliphatic carbocycles. The largest absolute Gasteiger partial charge is 0.465 e. The molecule has 0 N–H and O–H groups in total. The molecule has 1 aliphatic rings. The maximum Gasteiger partial charge on any atom is 0.348 e. The monoisotopic (exact) mass is 258 g/mol. The maximum absolute atomic E-state index is 11.5. The van der Waals surface area contributed by atoms with E-state index in [1.54, 1.807) is 19.1 Å². The molecule has 2 rings (SSSR count). The van der Waals surface area contributed by atoms with Gasteiger partial charge < -0.3 is 9.47 Å². The van der Waals surface area contributed by atoms with Gasteiger partial charge in [0, 0.05) is 5.56 Å². The van der Waals surface area contributed by atoms with E-state index in [1.165, 1.54) is 6.07 Å². The minimum Gasteiger partial charge on any atom is -0.465 e. The molecule has 1 heterocycles. The fourth-order valence-electron chi connectivity index (χ4n) is 1.66. The highest BCUT2D eigenvalue weighted by Gasteiger charge is 2.31. The molecular weight excluding hydrogens is 248 g/mol. The molecule has 0 unspecified atom stereocenters. The summed E-state index contributed by atoms with van der Waals surface area (Å²) in [5, 5.41) is 0. The van der Waals surface area contributed by atoms with Gasteiger partial charge in [0.25, 0.3) is 0 Å². The first-order valence-electron chi connectivity index (χ1n) is 5.67. The number of rotatable bonds is 2. The Hall–Kier alpha value is -2.61. The molecule has 0 radical (unpaired) electrons. The molecule has 0 bridgehead atoms. The first-order valence-corrected chi connectivity index (χ1v) is 5.67. The fourth-order valence-corrected chi connectivity index (χ4v) is 1.66. The van der Waals surface area contributed by atoms with E-state index >= 15 is 0 Å². The first kappa shape index (κ1) is 12.8. The lowest BCUT2D eigenvalue weighted by atomic mass is 10.0. The zero-order valence-electron chi connectivity index (χ0n) is 10.2. The van der Waals surface area contributed by atoms with E-state index in [0.29, 0.717) is 12.2 Å². The summed E-state index contributed by atoms with van der Waals surface area (Å²) in [4.78, 5) is 33.9. The van der Waals surface area contributed by atoms with Gasteiger partial charge in [-0.2, -0.15) is 0 Å².